The third-order valence-electron chi connectivity index (χ3n) is 2.26. The smallest absolute Gasteiger partial charge is 0.382 e. The van der Waals surface area contributed by atoms with Gasteiger partial charge in [0, 0.05) is 13.1 Å². The second-order valence-electron chi connectivity index (χ2n) is 3.43. The monoisotopic (exact) mass is 208 g/mol. The Bertz CT molecular complexity index is 236. The van der Waals surface area contributed by atoms with Gasteiger partial charge in [-0.15, -0.1) is 0 Å². The lowest BCUT2D eigenvalue weighted by molar-refractivity contribution is -0.207. The molecule has 1 N–H and O–H groups in total. The molecule has 1 fully saturated rings. The quantitative estimate of drug-likeness (QED) is 0.728. The molecule has 2 atom stereocenters. The first-order valence-corrected chi connectivity index (χ1v) is 4.30. The number of likely N-dealkylation sites (tertiary alicyclic amines) is 1. The van der Waals surface area contributed by atoms with Crippen LogP contribution in [0.15, 0.2) is 0 Å². The normalized spacial score (nSPS) is 26.1. The molecule has 1 aliphatic heterocycles. The van der Waals surface area contributed by atoms with E-state index in [1.165, 1.54) is 4.90 Å². The van der Waals surface area contributed by atoms with Gasteiger partial charge in [0.15, 0.2) is 6.10 Å². The van der Waals surface area contributed by atoms with Crippen molar-refractivity contribution in [3.8, 4) is 6.07 Å². The fraction of sp³-hybridized carbons (Fsp3) is 0.875. The second-order valence-corrected chi connectivity index (χ2v) is 3.43. The SMILES string of the molecule is N#CC1CCN(CC(O)C(F)(F)F)C1. The number of hydrogen-bond donors (Lipinski definition) is 1. The minimum Gasteiger partial charge on any atom is -0.382 e. The third-order valence-corrected chi connectivity index (χ3v) is 2.26. The van der Waals surface area contributed by atoms with Gasteiger partial charge in [-0.25, -0.2) is 0 Å². The maximum Gasteiger partial charge on any atom is 0.415 e. The molecule has 1 saturated heterocycles. The summed E-state index contributed by atoms with van der Waals surface area (Å²) in [6, 6.07) is 2.00. The molecule has 6 heteroatoms. The zero-order valence-corrected chi connectivity index (χ0v) is 7.46. The van der Waals surface area contributed by atoms with Crippen LogP contribution in [0, 0.1) is 17.2 Å². The van der Waals surface area contributed by atoms with E-state index in [2.05, 4.69) is 0 Å². The Morgan fingerprint density at radius 3 is 2.64 bits per heavy atom. The Labute approximate surface area is 79.7 Å². The van der Waals surface area contributed by atoms with Crippen molar-refractivity contribution in [3.05, 3.63) is 0 Å². The third kappa shape index (κ3) is 2.86. The Balaban J connectivity index is 2.37. The average Bonchev–Trinajstić information content (AvgIpc) is 2.50. The minimum absolute atomic E-state index is 0.199. The van der Waals surface area contributed by atoms with Crippen LogP contribution in [0.25, 0.3) is 0 Å². The summed E-state index contributed by atoms with van der Waals surface area (Å²) in [5.41, 5.74) is 0. The largest absolute Gasteiger partial charge is 0.415 e. The predicted octanol–water partition coefficient (Wildman–Crippen LogP) is 0.755. The zero-order valence-electron chi connectivity index (χ0n) is 7.46. The number of β-amino-alcohol motifs (C(OH)–C–C–N with tert-alkyl or cyclic N) is 1. The summed E-state index contributed by atoms with van der Waals surface area (Å²) in [5.74, 6) is -0.199. The molecular weight excluding hydrogens is 197 g/mol. The molecule has 1 aliphatic rings. The number of nitriles is 1. The number of alkyl halides is 3. The Morgan fingerprint density at radius 2 is 2.21 bits per heavy atom. The Morgan fingerprint density at radius 1 is 1.57 bits per heavy atom. The number of rotatable bonds is 2. The summed E-state index contributed by atoms with van der Waals surface area (Å²) in [4.78, 5) is 1.46. The second kappa shape index (κ2) is 4.15. The number of aliphatic hydroxyl groups excluding tert-OH is 1. The lowest BCUT2D eigenvalue weighted by atomic mass is 10.1. The van der Waals surface area contributed by atoms with Crippen LogP contribution >= 0.6 is 0 Å². The van der Waals surface area contributed by atoms with Gasteiger partial charge < -0.3 is 5.11 Å². The van der Waals surface area contributed by atoms with Gasteiger partial charge >= 0.3 is 6.18 Å². The first kappa shape index (κ1) is 11.3. The number of aliphatic hydroxyl groups is 1. The highest BCUT2D eigenvalue weighted by atomic mass is 19.4. The van der Waals surface area contributed by atoms with E-state index in [9.17, 15) is 13.2 Å². The van der Waals surface area contributed by atoms with Gasteiger partial charge in [-0.3, -0.25) is 4.90 Å². The first-order chi connectivity index (χ1) is 6.43. The standard InChI is InChI=1S/C8H11F3N2O/c9-8(10,11)7(14)5-13-2-1-6(3-12)4-13/h6-7,14H,1-2,4-5H2. The maximum absolute atomic E-state index is 11.9. The molecule has 0 amide bonds. The highest BCUT2D eigenvalue weighted by Gasteiger charge is 2.40. The van der Waals surface area contributed by atoms with E-state index in [4.69, 9.17) is 10.4 Å². The van der Waals surface area contributed by atoms with Crippen molar-refractivity contribution in [1.29, 1.82) is 5.26 Å². The molecule has 0 radical (unpaired) electrons. The highest BCUT2D eigenvalue weighted by Crippen LogP contribution is 2.23. The van der Waals surface area contributed by atoms with Gasteiger partial charge in [-0.2, -0.15) is 18.4 Å². The van der Waals surface area contributed by atoms with Crippen LogP contribution in [0.3, 0.4) is 0 Å². The summed E-state index contributed by atoms with van der Waals surface area (Å²) >= 11 is 0. The molecule has 0 saturated carbocycles. The minimum atomic E-state index is -4.56. The van der Waals surface area contributed by atoms with Crippen LogP contribution < -0.4 is 0 Å². The Kier molecular flexibility index (Phi) is 3.34. The van der Waals surface area contributed by atoms with Gasteiger partial charge in [0.1, 0.15) is 0 Å². The van der Waals surface area contributed by atoms with E-state index in [1.54, 1.807) is 0 Å². The van der Waals surface area contributed by atoms with Crippen molar-refractivity contribution in [2.75, 3.05) is 19.6 Å². The summed E-state index contributed by atoms with van der Waals surface area (Å²) in [5, 5.41) is 17.3. The molecule has 0 aromatic rings. The number of hydrogen-bond acceptors (Lipinski definition) is 3. The van der Waals surface area contributed by atoms with Crippen LogP contribution in [0.1, 0.15) is 6.42 Å². The fourth-order valence-corrected chi connectivity index (χ4v) is 1.45. The van der Waals surface area contributed by atoms with E-state index < -0.39 is 18.8 Å². The predicted molar refractivity (Wildman–Crippen MR) is 42.2 cm³/mol. The fourth-order valence-electron chi connectivity index (χ4n) is 1.45. The Hall–Kier alpha value is -0.800. The molecule has 0 aliphatic carbocycles. The number of halogens is 3. The molecule has 0 aromatic carbocycles. The van der Waals surface area contributed by atoms with Crippen molar-refractivity contribution in [2.24, 2.45) is 5.92 Å². The van der Waals surface area contributed by atoms with E-state index in [-0.39, 0.29) is 5.92 Å². The summed E-state index contributed by atoms with van der Waals surface area (Å²) in [6.45, 7) is 0.344. The summed E-state index contributed by atoms with van der Waals surface area (Å²) in [6.07, 6.45) is -6.29. The molecule has 0 aromatic heterocycles. The zero-order chi connectivity index (χ0) is 10.8. The molecule has 2 unspecified atom stereocenters. The van der Waals surface area contributed by atoms with Gasteiger partial charge in [-0.1, -0.05) is 0 Å². The van der Waals surface area contributed by atoms with Gasteiger partial charge in [0.2, 0.25) is 0 Å². The molecule has 3 nitrogen and oxygen atoms in total. The molecule has 0 bridgehead atoms. The van der Waals surface area contributed by atoms with Crippen LogP contribution in [0.5, 0.6) is 0 Å². The summed E-state index contributed by atoms with van der Waals surface area (Å²) < 4.78 is 35.8. The molecule has 0 spiro atoms. The van der Waals surface area contributed by atoms with Crippen molar-refractivity contribution < 1.29 is 18.3 Å². The van der Waals surface area contributed by atoms with E-state index in [0.29, 0.717) is 19.5 Å². The van der Waals surface area contributed by atoms with Crippen LogP contribution in [0.2, 0.25) is 0 Å². The molecular formula is C8H11F3N2O. The summed E-state index contributed by atoms with van der Waals surface area (Å²) in [7, 11) is 0. The lowest BCUT2D eigenvalue weighted by Crippen LogP contribution is -2.40. The highest BCUT2D eigenvalue weighted by molar-refractivity contribution is 4.91. The number of nitrogens with zero attached hydrogens (tertiary/aromatic N) is 2. The van der Waals surface area contributed by atoms with E-state index >= 15 is 0 Å². The van der Waals surface area contributed by atoms with Crippen molar-refractivity contribution in [1.82, 2.24) is 4.90 Å². The van der Waals surface area contributed by atoms with Crippen molar-refractivity contribution >= 4 is 0 Å². The maximum atomic E-state index is 11.9. The molecule has 80 valence electrons. The van der Waals surface area contributed by atoms with Crippen LogP contribution in [-0.4, -0.2) is 41.9 Å². The van der Waals surface area contributed by atoms with Gasteiger partial charge in [0.05, 0.1) is 12.0 Å². The molecule has 1 rings (SSSR count). The van der Waals surface area contributed by atoms with Crippen LogP contribution in [0.4, 0.5) is 13.2 Å². The average molecular weight is 208 g/mol. The topological polar surface area (TPSA) is 47.3 Å². The lowest BCUT2D eigenvalue weighted by Gasteiger charge is -2.21. The van der Waals surface area contributed by atoms with Gasteiger partial charge in [0.25, 0.3) is 0 Å². The van der Waals surface area contributed by atoms with Gasteiger partial charge in [-0.05, 0) is 13.0 Å². The van der Waals surface area contributed by atoms with Crippen molar-refractivity contribution in [3.63, 3.8) is 0 Å². The van der Waals surface area contributed by atoms with E-state index in [0.717, 1.165) is 0 Å². The first-order valence-electron chi connectivity index (χ1n) is 4.30. The van der Waals surface area contributed by atoms with E-state index in [1.807, 2.05) is 6.07 Å². The molecule has 14 heavy (non-hydrogen) atoms. The van der Waals surface area contributed by atoms with Crippen molar-refractivity contribution in [2.45, 2.75) is 18.7 Å². The van der Waals surface area contributed by atoms with Crippen LogP contribution in [-0.2, 0) is 0 Å². The molecule has 1 heterocycles.